The van der Waals surface area contributed by atoms with Crippen LogP contribution in [0.1, 0.15) is 20.8 Å². The van der Waals surface area contributed by atoms with E-state index in [1.165, 1.54) is 25.1 Å². The summed E-state index contributed by atoms with van der Waals surface area (Å²) in [4.78, 5) is 34.4. The van der Waals surface area contributed by atoms with Crippen LogP contribution in [0, 0.1) is 5.92 Å². The van der Waals surface area contributed by atoms with Crippen LogP contribution in [0.3, 0.4) is 0 Å². The summed E-state index contributed by atoms with van der Waals surface area (Å²) in [5, 5.41) is 11.9. The van der Waals surface area contributed by atoms with E-state index in [2.05, 4.69) is 5.32 Å². The SMILES string of the molecule is CC(C)C(=O)O[C@@H](C)OC(=O)NC[C@H](Oc1cc(Cl)ccc1Cl)C(=O)O. The summed E-state index contributed by atoms with van der Waals surface area (Å²) in [6, 6.07) is 4.32. The lowest BCUT2D eigenvalue weighted by molar-refractivity contribution is -0.168. The second-order valence-electron chi connectivity index (χ2n) is 5.46. The van der Waals surface area contributed by atoms with E-state index in [1.54, 1.807) is 13.8 Å². The van der Waals surface area contributed by atoms with Gasteiger partial charge in [-0.15, -0.1) is 0 Å². The monoisotopic (exact) mass is 407 g/mol. The zero-order valence-corrected chi connectivity index (χ0v) is 15.8. The van der Waals surface area contributed by atoms with E-state index in [4.69, 9.17) is 37.4 Å². The van der Waals surface area contributed by atoms with Gasteiger partial charge in [0.05, 0.1) is 17.5 Å². The molecule has 2 N–H and O–H groups in total. The Balaban J connectivity index is 2.58. The van der Waals surface area contributed by atoms with Crippen molar-refractivity contribution in [3.63, 3.8) is 0 Å². The zero-order valence-electron chi connectivity index (χ0n) is 14.3. The third-order valence-corrected chi connectivity index (χ3v) is 3.44. The molecular formula is C16H19Cl2NO7. The first-order valence-electron chi connectivity index (χ1n) is 7.59. The van der Waals surface area contributed by atoms with Crippen LogP contribution < -0.4 is 10.1 Å². The summed E-state index contributed by atoms with van der Waals surface area (Å²) in [5.74, 6) is -2.19. The summed E-state index contributed by atoms with van der Waals surface area (Å²) in [5.41, 5.74) is 0. The number of halogens is 2. The highest BCUT2D eigenvalue weighted by atomic mass is 35.5. The molecule has 1 aromatic rings. The topological polar surface area (TPSA) is 111 Å². The Morgan fingerprint density at radius 1 is 1.15 bits per heavy atom. The van der Waals surface area contributed by atoms with Crippen molar-refractivity contribution < 1.29 is 33.7 Å². The summed E-state index contributed by atoms with van der Waals surface area (Å²) in [7, 11) is 0. The van der Waals surface area contributed by atoms with Crippen molar-refractivity contribution in [2.24, 2.45) is 5.92 Å². The van der Waals surface area contributed by atoms with Gasteiger partial charge in [-0.05, 0) is 12.1 Å². The maximum absolute atomic E-state index is 11.7. The van der Waals surface area contributed by atoms with Gasteiger partial charge in [0.15, 0.2) is 0 Å². The van der Waals surface area contributed by atoms with Crippen LogP contribution in [-0.2, 0) is 19.1 Å². The lowest BCUT2D eigenvalue weighted by Gasteiger charge is -2.18. The minimum atomic E-state index is -1.44. The van der Waals surface area contributed by atoms with Crippen molar-refractivity contribution in [1.29, 1.82) is 0 Å². The van der Waals surface area contributed by atoms with Crippen molar-refractivity contribution in [1.82, 2.24) is 5.32 Å². The molecule has 1 amide bonds. The number of carbonyl (C=O) groups is 3. The van der Waals surface area contributed by atoms with Crippen LogP contribution in [0.15, 0.2) is 18.2 Å². The minimum Gasteiger partial charge on any atom is -0.478 e. The largest absolute Gasteiger partial charge is 0.478 e. The highest BCUT2D eigenvalue weighted by Crippen LogP contribution is 2.28. The molecule has 0 fully saturated rings. The van der Waals surface area contributed by atoms with Crippen LogP contribution in [0.25, 0.3) is 0 Å². The maximum Gasteiger partial charge on any atom is 0.410 e. The molecule has 144 valence electrons. The molecule has 0 saturated carbocycles. The zero-order chi connectivity index (χ0) is 19.9. The Morgan fingerprint density at radius 2 is 1.81 bits per heavy atom. The second kappa shape index (κ2) is 10.1. The molecule has 0 unspecified atom stereocenters. The lowest BCUT2D eigenvalue weighted by Crippen LogP contribution is -2.41. The third-order valence-electron chi connectivity index (χ3n) is 2.90. The fraction of sp³-hybridized carbons (Fsp3) is 0.438. The molecule has 1 aromatic carbocycles. The predicted octanol–water partition coefficient (Wildman–Crippen LogP) is 3.10. The normalized spacial score (nSPS) is 12.8. The van der Waals surface area contributed by atoms with Gasteiger partial charge in [0, 0.05) is 18.0 Å². The number of carboxylic acids is 1. The van der Waals surface area contributed by atoms with Crippen LogP contribution in [0.4, 0.5) is 4.79 Å². The van der Waals surface area contributed by atoms with Crippen LogP contribution >= 0.6 is 23.2 Å². The van der Waals surface area contributed by atoms with E-state index in [0.717, 1.165) is 0 Å². The van der Waals surface area contributed by atoms with Gasteiger partial charge in [0.2, 0.25) is 12.4 Å². The maximum atomic E-state index is 11.7. The van der Waals surface area contributed by atoms with E-state index in [0.29, 0.717) is 5.02 Å². The molecule has 26 heavy (non-hydrogen) atoms. The Labute approximate surface area is 160 Å². The van der Waals surface area contributed by atoms with Gasteiger partial charge in [-0.25, -0.2) is 9.59 Å². The molecule has 0 aliphatic carbocycles. The number of nitrogens with one attached hydrogen (secondary N) is 1. The molecule has 0 radical (unpaired) electrons. The molecule has 2 atom stereocenters. The first-order chi connectivity index (χ1) is 12.1. The van der Waals surface area contributed by atoms with Gasteiger partial charge < -0.3 is 24.6 Å². The Kier molecular flexibility index (Phi) is 8.47. The Morgan fingerprint density at radius 3 is 2.38 bits per heavy atom. The van der Waals surface area contributed by atoms with Gasteiger partial charge in [0.25, 0.3) is 0 Å². The number of aliphatic carboxylic acids is 1. The molecule has 0 aliphatic rings. The molecule has 0 bridgehead atoms. The standard InChI is InChI=1S/C16H19Cl2NO7/c1-8(2)15(22)24-9(3)25-16(23)19-7-13(14(20)21)26-12-6-10(17)4-5-11(12)18/h4-6,8-9,13H,7H2,1-3H3,(H,19,23)(H,20,21)/t9-,13+/m1/s1. The van der Waals surface area contributed by atoms with E-state index < -0.39 is 37.0 Å². The number of carboxylic acid groups (broad SMARTS) is 1. The first-order valence-corrected chi connectivity index (χ1v) is 8.35. The molecular weight excluding hydrogens is 389 g/mol. The van der Waals surface area contributed by atoms with Gasteiger partial charge >= 0.3 is 18.0 Å². The molecule has 0 heterocycles. The average Bonchev–Trinajstić information content (AvgIpc) is 2.53. The summed E-state index contributed by atoms with van der Waals surface area (Å²) in [6.07, 6.45) is -3.54. The smallest absolute Gasteiger partial charge is 0.410 e. The molecule has 0 aliphatic heterocycles. The van der Waals surface area contributed by atoms with Crippen molar-refractivity contribution in [3.05, 3.63) is 28.2 Å². The van der Waals surface area contributed by atoms with Gasteiger partial charge in [0.1, 0.15) is 5.75 Å². The molecule has 10 heteroatoms. The predicted molar refractivity (Wildman–Crippen MR) is 93.4 cm³/mol. The fourth-order valence-electron chi connectivity index (χ4n) is 1.59. The van der Waals surface area contributed by atoms with E-state index in [-0.39, 0.29) is 16.7 Å². The Bertz CT molecular complexity index is 666. The van der Waals surface area contributed by atoms with Crippen molar-refractivity contribution in [2.75, 3.05) is 6.54 Å². The van der Waals surface area contributed by atoms with E-state index in [9.17, 15) is 19.5 Å². The average molecular weight is 408 g/mol. The molecule has 8 nitrogen and oxygen atoms in total. The summed E-state index contributed by atoms with van der Waals surface area (Å²) < 4.78 is 14.9. The fourth-order valence-corrected chi connectivity index (χ4v) is 1.92. The van der Waals surface area contributed by atoms with Crippen LogP contribution in [0.5, 0.6) is 5.75 Å². The number of hydrogen-bond donors (Lipinski definition) is 2. The number of benzene rings is 1. The van der Waals surface area contributed by atoms with Crippen molar-refractivity contribution >= 4 is 41.2 Å². The number of ether oxygens (including phenoxy) is 3. The summed E-state index contributed by atoms with van der Waals surface area (Å²) in [6.45, 7) is 4.20. The second-order valence-corrected chi connectivity index (χ2v) is 6.31. The van der Waals surface area contributed by atoms with Gasteiger partial charge in [-0.1, -0.05) is 37.0 Å². The number of carbonyl (C=O) groups excluding carboxylic acids is 2. The van der Waals surface area contributed by atoms with Crippen LogP contribution in [0.2, 0.25) is 10.0 Å². The molecule has 0 spiro atoms. The number of amides is 1. The number of hydrogen-bond acceptors (Lipinski definition) is 6. The number of rotatable bonds is 8. The van der Waals surface area contributed by atoms with Crippen LogP contribution in [-0.4, -0.2) is 42.1 Å². The Hall–Kier alpha value is -2.19. The highest BCUT2D eigenvalue weighted by Gasteiger charge is 2.23. The molecule has 0 aromatic heterocycles. The highest BCUT2D eigenvalue weighted by molar-refractivity contribution is 6.34. The quantitative estimate of drug-likeness (QED) is 0.502. The van der Waals surface area contributed by atoms with E-state index in [1.807, 2.05) is 0 Å². The molecule has 1 rings (SSSR count). The van der Waals surface area contributed by atoms with Crippen molar-refractivity contribution in [3.8, 4) is 5.75 Å². The van der Waals surface area contributed by atoms with Gasteiger partial charge in [-0.2, -0.15) is 0 Å². The van der Waals surface area contributed by atoms with E-state index >= 15 is 0 Å². The third kappa shape index (κ3) is 7.37. The number of esters is 1. The minimum absolute atomic E-state index is 0.0564. The van der Waals surface area contributed by atoms with Crippen molar-refractivity contribution in [2.45, 2.75) is 33.2 Å². The summed E-state index contributed by atoms with van der Waals surface area (Å²) >= 11 is 11.7. The molecule has 0 saturated heterocycles. The number of alkyl carbamates (subject to hydrolysis) is 1. The lowest BCUT2D eigenvalue weighted by atomic mass is 10.2. The van der Waals surface area contributed by atoms with Gasteiger partial charge in [-0.3, -0.25) is 4.79 Å². The first kappa shape index (κ1) is 21.9.